The highest BCUT2D eigenvalue weighted by atomic mass is 32.1. The van der Waals surface area contributed by atoms with Gasteiger partial charge in [0.1, 0.15) is 12.0 Å². The Morgan fingerprint density at radius 2 is 2.20 bits per heavy atom. The zero-order chi connectivity index (χ0) is 13.8. The fraction of sp³-hybridized carbons (Fsp3) is 0.133. The first-order valence-corrected chi connectivity index (χ1v) is 7.10. The molecule has 0 saturated heterocycles. The number of furan rings is 2. The lowest BCUT2D eigenvalue weighted by atomic mass is 10.0. The average Bonchev–Trinajstić information content (AvgIpc) is 3.22. The highest BCUT2D eigenvalue weighted by molar-refractivity contribution is 7.10. The molecule has 0 saturated carbocycles. The minimum atomic E-state index is -0.146. The van der Waals surface area contributed by atoms with E-state index in [4.69, 9.17) is 8.83 Å². The predicted octanol–water partition coefficient (Wildman–Crippen LogP) is 3.50. The van der Waals surface area contributed by atoms with Crippen LogP contribution in [0.1, 0.15) is 26.9 Å². The van der Waals surface area contributed by atoms with Gasteiger partial charge in [0, 0.05) is 11.4 Å². The molecule has 1 amide bonds. The first-order valence-electron chi connectivity index (χ1n) is 6.22. The van der Waals surface area contributed by atoms with E-state index < -0.39 is 0 Å². The maximum atomic E-state index is 12.0. The van der Waals surface area contributed by atoms with Crippen molar-refractivity contribution in [3.8, 4) is 0 Å². The summed E-state index contributed by atoms with van der Waals surface area (Å²) in [6, 6.07) is 9.46. The smallest absolute Gasteiger partial charge is 0.254 e. The molecule has 5 heteroatoms. The molecular formula is C15H13NO3S. The molecule has 20 heavy (non-hydrogen) atoms. The molecule has 1 atom stereocenters. The van der Waals surface area contributed by atoms with E-state index in [-0.39, 0.29) is 11.8 Å². The number of carbonyl (C=O) groups is 1. The van der Waals surface area contributed by atoms with Crippen molar-refractivity contribution in [2.45, 2.75) is 5.92 Å². The summed E-state index contributed by atoms with van der Waals surface area (Å²) < 4.78 is 10.4. The Kier molecular flexibility index (Phi) is 3.69. The van der Waals surface area contributed by atoms with E-state index in [1.807, 2.05) is 29.6 Å². The molecule has 4 nitrogen and oxygen atoms in total. The highest BCUT2D eigenvalue weighted by Gasteiger charge is 2.19. The standard InChI is InChI=1S/C15H13NO3S/c17-15(11-5-7-18-10-11)16-9-12(13-3-1-6-19-13)14-4-2-8-20-14/h1-8,10,12H,9H2,(H,16,17). The van der Waals surface area contributed by atoms with Crippen molar-refractivity contribution < 1.29 is 13.6 Å². The largest absolute Gasteiger partial charge is 0.472 e. The number of hydrogen-bond donors (Lipinski definition) is 1. The van der Waals surface area contributed by atoms with Crippen LogP contribution in [0.5, 0.6) is 0 Å². The second-order valence-electron chi connectivity index (χ2n) is 4.31. The maximum absolute atomic E-state index is 12.0. The van der Waals surface area contributed by atoms with Crippen molar-refractivity contribution in [1.29, 1.82) is 0 Å². The summed E-state index contributed by atoms with van der Waals surface area (Å²) in [5, 5.41) is 4.93. The number of nitrogens with one attached hydrogen (secondary N) is 1. The molecule has 0 aliphatic rings. The molecule has 1 N–H and O–H groups in total. The van der Waals surface area contributed by atoms with Gasteiger partial charge in [0.25, 0.3) is 5.91 Å². The number of hydrogen-bond acceptors (Lipinski definition) is 4. The van der Waals surface area contributed by atoms with Crippen LogP contribution >= 0.6 is 11.3 Å². The SMILES string of the molecule is O=C(NCC(c1ccco1)c1cccs1)c1ccoc1. The van der Waals surface area contributed by atoms with E-state index >= 15 is 0 Å². The van der Waals surface area contributed by atoms with Crippen LogP contribution in [0.4, 0.5) is 0 Å². The van der Waals surface area contributed by atoms with Gasteiger partial charge in [0.15, 0.2) is 0 Å². The summed E-state index contributed by atoms with van der Waals surface area (Å²) in [4.78, 5) is 13.1. The molecule has 0 aromatic carbocycles. The summed E-state index contributed by atoms with van der Waals surface area (Å²) in [6.45, 7) is 0.484. The topological polar surface area (TPSA) is 55.4 Å². The zero-order valence-electron chi connectivity index (χ0n) is 10.6. The van der Waals surface area contributed by atoms with Gasteiger partial charge in [0.2, 0.25) is 0 Å². The normalized spacial score (nSPS) is 12.2. The zero-order valence-corrected chi connectivity index (χ0v) is 11.4. The Morgan fingerprint density at radius 3 is 2.85 bits per heavy atom. The van der Waals surface area contributed by atoms with E-state index in [1.54, 1.807) is 23.7 Å². The number of rotatable bonds is 5. The quantitative estimate of drug-likeness (QED) is 0.781. The highest BCUT2D eigenvalue weighted by Crippen LogP contribution is 2.28. The molecule has 0 radical (unpaired) electrons. The molecule has 0 fully saturated rings. The van der Waals surface area contributed by atoms with Gasteiger partial charge in [-0.05, 0) is 29.6 Å². The van der Waals surface area contributed by atoms with Crippen LogP contribution in [0.15, 0.2) is 63.3 Å². The monoisotopic (exact) mass is 287 g/mol. The van der Waals surface area contributed by atoms with Gasteiger partial charge in [-0.2, -0.15) is 0 Å². The molecule has 0 spiro atoms. The van der Waals surface area contributed by atoms with E-state index in [2.05, 4.69) is 5.32 Å². The van der Waals surface area contributed by atoms with Crippen LogP contribution in [0.25, 0.3) is 0 Å². The maximum Gasteiger partial charge on any atom is 0.254 e. The van der Waals surface area contributed by atoms with Gasteiger partial charge >= 0.3 is 0 Å². The second-order valence-corrected chi connectivity index (χ2v) is 5.28. The molecule has 3 aromatic heterocycles. The molecule has 3 rings (SSSR count). The Hall–Kier alpha value is -2.27. The molecular weight excluding hydrogens is 274 g/mol. The molecule has 0 aliphatic carbocycles. The van der Waals surface area contributed by atoms with E-state index in [0.717, 1.165) is 10.6 Å². The van der Waals surface area contributed by atoms with Gasteiger partial charge in [-0.1, -0.05) is 6.07 Å². The van der Waals surface area contributed by atoms with Gasteiger partial charge in [-0.25, -0.2) is 0 Å². The third-order valence-electron chi connectivity index (χ3n) is 3.02. The van der Waals surface area contributed by atoms with Gasteiger partial charge in [-0.15, -0.1) is 11.3 Å². The molecule has 3 aromatic rings. The number of carbonyl (C=O) groups excluding carboxylic acids is 1. The predicted molar refractivity (Wildman–Crippen MR) is 75.9 cm³/mol. The molecule has 0 bridgehead atoms. The Morgan fingerprint density at radius 1 is 1.25 bits per heavy atom. The van der Waals surface area contributed by atoms with Gasteiger partial charge in [0.05, 0.1) is 24.0 Å². The van der Waals surface area contributed by atoms with Crippen molar-refractivity contribution in [2.24, 2.45) is 0 Å². The molecule has 0 aliphatic heterocycles. The minimum Gasteiger partial charge on any atom is -0.472 e. The van der Waals surface area contributed by atoms with Crippen LogP contribution in [-0.4, -0.2) is 12.5 Å². The molecule has 102 valence electrons. The summed E-state index contributed by atoms with van der Waals surface area (Å²) in [6.07, 6.45) is 4.56. The summed E-state index contributed by atoms with van der Waals surface area (Å²) in [7, 11) is 0. The van der Waals surface area contributed by atoms with Gasteiger partial charge in [-0.3, -0.25) is 4.79 Å². The van der Waals surface area contributed by atoms with Crippen molar-refractivity contribution in [3.05, 3.63) is 70.7 Å². The average molecular weight is 287 g/mol. The molecule has 3 heterocycles. The Bertz CT molecular complexity index is 607. The fourth-order valence-electron chi connectivity index (χ4n) is 2.01. The number of amides is 1. The first kappa shape index (κ1) is 12.7. The lowest BCUT2D eigenvalue weighted by Crippen LogP contribution is -2.28. The summed E-state index contributed by atoms with van der Waals surface area (Å²) >= 11 is 1.65. The second kappa shape index (κ2) is 5.79. The lowest BCUT2D eigenvalue weighted by molar-refractivity contribution is 0.0951. The lowest BCUT2D eigenvalue weighted by Gasteiger charge is -2.13. The van der Waals surface area contributed by atoms with Crippen LogP contribution in [0, 0.1) is 0 Å². The van der Waals surface area contributed by atoms with Gasteiger partial charge < -0.3 is 14.2 Å². The van der Waals surface area contributed by atoms with E-state index in [9.17, 15) is 4.79 Å². The van der Waals surface area contributed by atoms with Crippen molar-refractivity contribution in [2.75, 3.05) is 6.54 Å². The fourth-order valence-corrected chi connectivity index (χ4v) is 2.85. The van der Waals surface area contributed by atoms with Crippen molar-refractivity contribution >= 4 is 17.2 Å². The Labute approximate surface area is 120 Å². The van der Waals surface area contributed by atoms with E-state index in [1.165, 1.54) is 12.5 Å². The molecule has 1 unspecified atom stereocenters. The van der Waals surface area contributed by atoms with Crippen molar-refractivity contribution in [1.82, 2.24) is 5.32 Å². The van der Waals surface area contributed by atoms with Crippen molar-refractivity contribution in [3.63, 3.8) is 0 Å². The minimum absolute atomic E-state index is 0.0286. The third-order valence-corrected chi connectivity index (χ3v) is 4.01. The van der Waals surface area contributed by atoms with Crippen LogP contribution < -0.4 is 5.32 Å². The van der Waals surface area contributed by atoms with Crippen LogP contribution in [-0.2, 0) is 0 Å². The van der Waals surface area contributed by atoms with E-state index in [0.29, 0.717) is 12.1 Å². The summed E-state index contributed by atoms with van der Waals surface area (Å²) in [5.74, 6) is 0.729. The third kappa shape index (κ3) is 2.67. The number of thiophene rings is 1. The van der Waals surface area contributed by atoms with Crippen LogP contribution in [0.3, 0.4) is 0 Å². The summed E-state index contributed by atoms with van der Waals surface area (Å²) in [5.41, 5.74) is 0.523. The van der Waals surface area contributed by atoms with Crippen LogP contribution in [0.2, 0.25) is 0 Å². The Balaban J connectivity index is 1.73. The first-order chi connectivity index (χ1) is 9.84.